The Labute approximate surface area is 157 Å². The van der Waals surface area contributed by atoms with Crippen LogP contribution in [0.1, 0.15) is 33.1 Å². The molecule has 26 heavy (non-hydrogen) atoms. The maximum Gasteiger partial charge on any atom is 0.293 e. The van der Waals surface area contributed by atoms with Gasteiger partial charge < -0.3 is 9.73 Å². The van der Waals surface area contributed by atoms with Crippen molar-refractivity contribution >= 4 is 28.9 Å². The lowest BCUT2D eigenvalue weighted by Gasteiger charge is -2.09. The third-order valence-corrected chi connectivity index (χ3v) is 4.43. The number of thiocarbonyl (C=S) groups is 1. The first-order valence-electron chi connectivity index (χ1n) is 8.18. The van der Waals surface area contributed by atoms with Crippen LogP contribution in [0.3, 0.4) is 0 Å². The first-order chi connectivity index (χ1) is 12.4. The first kappa shape index (κ1) is 17.9. The van der Waals surface area contributed by atoms with E-state index in [0.29, 0.717) is 0 Å². The number of furan rings is 1. The Bertz CT molecular complexity index is 927. The van der Waals surface area contributed by atoms with Gasteiger partial charge in [-0.1, -0.05) is 12.1 Å². The maximum absolute atomic E-state index is 11.9. The smallest absolute Gasteiger partial charge is 0.293 e. The average Bonchev–Trinajstić information content (AvgIpc) is 3.21. The van der Waals surface area contributed by atoms with Crippen LogP contribution >= 0.6 is 12.2 Å². The quantitative estimate of drug-likeness (QED) is 0.691. The second kappa shape index (κ2) is 7.53. The minimum Gasteiger partial charge on any atom is -0.459 e. The van der Waals surface area contributed by atoms with Crippen LogP contribution < -0.4 is 10.6 Å². The van der Waals surface area contributed by atoms with E-state index in [9.17, 15) is 4.79 Å². The van der Waals surface area contributed by atoms with E-state index < -0.39 is 0 Å². The highest BCUT2D eigenvalue weighted by Crippen LogP contribution is 2.18. The van der Waals surface area contributed by atoms with Gasteiger partial charge in [0.1, 0.15) is 0 Å². The summed E-state index contributed by atoms with van der Waals surface area (Å²) in [6, 6.07) is 11.2. The number of anilines is 1. The van der Waals surface area contributed by atoms with Gasteiger partial charge in [0.15, 0.2) is 10.9 Å². The molecule has 0 aliphatic heterocycles. The number of aromatic nitrogens is 2. The molecule has 0 aliphatic rings. The van der Waals surface area contributed by atoms with Crippen molar-refractivity contribution in [1.29, 1.82) is 0 Å². The largest absolute Gasteiger partial charge is 0.459 e. The second-order valence-corrected chi connectivity index (χ2v) is 6.44. The normalized spacial score (nSPS) is 10.6. The van der Waals surface area contributed by atoms with E-state index in [-0.39, 0.29) is 16.8 Å². The minimum atomic E-state index is -0.383. The number of hydrogen-bond donors (Lipinski definition) is 2. The number of aryl methyl sites for hydroxylation is 2. The fourth-order valence-corrected chi connectivity index (χ4v) is 2.93. The highest BCUT2D eigenvalue weighted by atomic mass is 32.1. The van der Waals surface area contributed by atoms with Crippen molar-refractivity contribution in [3.05, 3.63) is 70.9 Å². The Morgan fingerprint density at radius 2 is 1.96 bits per heavy atom. The van der Waals surface area contributed by atoms with Gasteiger partial charge in [0, 0.05) is 30.4 Å². The van der Waals surface area contributed by atoms with Crippen LogP contribution in [0.2, 0.25) is 0 Å². The lowest BCUT2D eigenvalue weighted by molar-refractivity contribution is 0.0950. The molecule has 0 unspecified atom stereocenters. The number of carbonyl (C=O) groups excluding carboxylic acids is 1. The Balaban J connectivity index is 1.60. The molecule has 1 aromatic carbocycles. The lowest BCUT2D eigenvalue weighted by Crippen LogP contribution is -2.33. The molecule has 0 saturated heterocycles. The Kier molecular flexibility index (Phi) is 5.18. The molecule has 0 spiro atoms. The van der Waals surface area contributed by atoms with Crippen LogP contribution in [0.15, 0.2) is 47.1 Å². The summed E-state index contributed by atoms with van der Waals surface area (Å²) in [6.45, 7) is 4.10. The number of hydrogen-bond acceptors (Lipinski definition) is 4. The van der Waals surface area contributed by atoms with E-state index in [2.05, 4.69) is 22.7 Å². The summed E-state index contributed by atoms with van der Waals surface area (Å²) in [6.07, 6.45) is 2.27. The Morgan fingerprint density at radius 1 is 1.23 bits per heavy atom. The Morgan fingerprint density at radius 3 is 2.54 bits per heavy atom. The molecule has 3 aromatic rings. The average molecular weight is 368 g/mol. The molecule has 134 valence electrons. The number of amides is 1. The summed E-state index contributed by atoms with van der Waals surface area (Å²) < 4.78 is 6.94. The zero-order valence-electron chi connectivity index (χ0n) is 14.9. The van der Waals surface area contributed by atoms with Crippen LogP contribution in [-0.4, -0.2) is 20.8 Å². The molecule has 6 nitrogen and oxygen atoms in total. The van der Waals surface area contributed by atoms with Gasteiger partial charge in [0.25, 0.3) is 5.91 Å². The number of rotatable bonds is 4. The Hall–Kier alpha value is -2.93. The van der Waals surface area contributed by atoms with Gasteiger partial charge >= 0.3 is 0 Å². The van der Waals surface area contributed by atoms with Gasteiger partial charge in [-0.3, -0.25) is 14.8 Å². The van der Waals surface area contributed by atoms with Crippen LogP contribution in [0.4, 0.5) is 5.69 Å². The van der Waals surface area contributed by atoms with Gasteiger partial charge in [-0.05, 0) is 55.9 Å². The van der Waals surface area contributed by atoms with Gasteiger partial charge in [0.2, 0.25) is 0 Å². The number of carbonyl (C=O) groups is 1. The molecular weight excluding hydrogens is 348 g/mol. The number of nitrogens with one attached hydrogen (secondary N) is 2. The highest BCUT2D eigenvalue weighted by molar-refractivity contribution is 7.80. The molecule has 0 bridgehead atoms. The van der Waals surface area contributed by atoms with Crippen molar-refractivity contribution in [2.75, 3.05) is 5.32 Å². The summed E-state index contributed by atoms with van der Waals surface area (Å²) in [5, 5.41) is 10.2. The third-order valence-electron chi connectivity index (χ3n) is 4.22. The fraction of sp³-hybridized carbons (Fsp3) is 0.211. The number of nitrogens with zero attached hydrogens (tertiary/aromatic N) is 2. The van der Waals surface area contributed by atoms with Crippen molar-refractivity contribution in [2.24, 2.45) is 7.05 Å². The summed E-state index contributed by atoms with van der Waals surface area (Å²) >= 11 is 5.17. The predicted molar refractivity (Wildman–Crippen MR) is 104 cm³/mol. The molecule has 2 heterocycles. The van der Waals surface area contributed by atoms with E-state index in [0.717, 1.165) is 17.8 Å². The van der Waals surface area contributed by atoms with Crippen molar-refractivity contribution in [2.45, 2.75) is 20.3 Å². The SMILES string of the molecule is Cc1nn(C)c(C)c1Cc1ccc(NC(=S)NC(=O)c2ccco2)cc1. The minimum absolute atomic E-state index is 0.215. The summed E-state index contributed by atoms with van der Waals surface area (Å²) in [5.74, 6) is -0.168. The third kappa shape index (κ3) is 4.00. The standard InChI is InChI=1S/C19H20N4O2S/c1-12-16(13(2)23(3)22-12)11-14-6-8-15(9-7-14)20-19(26)21-18(24)17-5-4-10-25-17/h4-10H,11H2,1-3H3,(H2,20,21,24,26). The van der Waals surface area contributed by atoms with Crippen molar-refractivity contribution in [3.63, 3.8) is 0 Å². The monoisotopic (exact) mass is 368 g/mol. The number of benzene rings is 1. The molecule has 2 N–H and O–H groups in total. The highest BCUT2D eigenvalue weighted by Gasteiger charge is 2.11. The zero-order chi connectivity index (χ0) is 18.7. The van der Waals surface area contributed by atoms with Gasteiger partial charge in [-0.25, -0.2) is 0 Å². The van der Waals surface area contributed by atoms with E-state index in [1.807, 2.05) is 42.9 Å². The molecule has 0 fully saturated rings. The fourth-order valence-electron chi connectivity index (χ4n) is 2.72. The van der Waals surface area contributed by atoms with E-state index in [1.165, 1.54) is 23.1 Å². The van der Waals surface area contributed by atoms with Crippen molar-refractivity contribution in [1.82, 2.24) is 15.1 Å². The molecule has 0 atom stereocenters. The molecule has 0 radical (unpaired) electrons. The zero-order valence-corrected chi connectivity index (χ0v) is 15.7. The van der Waals surface area contributed by atoms with Crippen LogP contribution in [0.5, 0.6) is 0 Å². The maximum atomic E-state index is 11.9. The van der Waals surface area contributed by atoms with Crippen molar-refractivity contribution < 1.29 is 9.21 Å². The summed E-state index contributed by atoms with van der Waals surface area (Å²) in [7, 11) is 1.96. The van der Waals surface area contributed by atoms with Gasteiger partial charge in [-0.2, -0.15) is 5.10 Å². The molecule has 0 saturated carbocycles. The van der Waals surface area contributed by atoms with Gasteiger partial charge in [-0.15, -0.1) is 0 Å². The first-order valence-corrected chi connectivity index (χ1v) is 8.58. The lowest BCUT2D eigenvalue weighted by atomic mass is 10.0. The molecule has 0 aliphatic carbocycles. The van der Waals surface area contributed by atoms with Crippen molar-refractivity contribution in [3.8, 4) is 0 Å². The van der Waals surface area contributed by atoms with E-state index in [1.54, 1.807) is 12.1 Å². The summed E-state index contributed by atoms with van der Waals surface area (Å²) in [5.41, 5.74) is 5.45. The summed E-state index contributed by atoms with van der Waals surface area (Å²) in [4.78, 5) is 11.9. The van der Waals surface area contributed by atoms with Gasteiger partial charge in [0.05, 0.1) is 12.0 Å². The molecular formula is C19H20N4O2S. The van der Waals surface area contributed by atoms with E-state index in [4.69, 9.17) is 16.6 Å². The second-order valence-electron chi connectivity index (χ2n) is 6.03. The van der Waals surface area contributed by atoms with E-state index >= 15 is 0 Å². The predicted octanol–water partition coefficient (Wildman–Crippen LogP) is 3.35. The topological polar surface area (TPSA) is 72.1 Å². The molecule has 3 rings (SSSR count). The molecule has 1 amide bonds. The molecule has 7 heteroatoms. The molecule has 2 aromatic heterocycles. The van der Waals surface area contributed by atoms with Crippen LogP contribution in [0, 0.1) is 13.8 Å². The van der Waals surface area contributed by atoms with Crippen LogP contribution in [0.25, 0.3) is 0 Å². The van der Waals surface area contributed by atoms with Crippen LogP contribution in [-0.2, 0) is 13.5 Å².